The van der Waals surface area contributed by atoms with Crippen molar-refractivity contribution in [2.45, 2.75) is 25.7 Å². The molecule has 0 aliphatic heterocycles. The molecular formula is C7H14N2OS. The van der Waals surface area contributed by atoms with Gasteiger partial charge in [-0.2, -0.15) is 0 Å². The molecule has 0 fully saturated rings. The molecule has 4 heteroatoms. The van der Waals surface area contributed by atoms with Crippen molar-refractivity contribution in [1.82, 2.24) is 5.32 Å². The summed E-state index contributed by atoms with van der Waals surface area (Å²) >= 11 is 4.66. The van der Waals surface area contributed by atoms with Crippen molar-refractivity contribution in [2.75, 3.05) is 6.54 Å². The summed E-state index contributed by atoms with van der Waals surface area (Å²) in [6.45, 7) is 0.673. The quantitative estimate of drug-likeness (QED) is 0.470. The molecule has 0 saturated heterocycles. The molecule has 0 aliphatic rings. The van der Waals surface area contributed by atoms with E-state index in [4.69, 9.17) is 5.73 Å². The molecule has 3 nitrogen and oxygen atoms in total. The van der Waals surface area contributed by atoms with Crippen LogP contribution in [0.15, 0.2) is 0 Å². The Labute approximate surface area is 72.3 Å². The number of carbonyl (C=O) groups excluding carboxylic acids is 1. The van der Waals surface area contributed by atoms with Gasteiger partial charge in [-0.1, -0.05) is 18.6 Å². The van der Waals surface area contributed by atoms with Gasteiger partial charge >= 0.3 is 6.03 Å². The van der Waals surface area contributed by atoms with Gasteiger partial charge in [0.15, 0.2) is 0 Å². The zero-order chi connectivity index (χ0) is 8.53. The Morgan fingerprint density at radius 1 is 1.45 bits per heavy atom. The second-order valence-corrected chi connectivity index (χ2v) is 2.64. The Kier molecular flexibility index (Phi) is 7.03. The van der Waals surface area contributed by atoms with E-state index in [1.165, 1.54) is 0 Å². The largest absolute Gasteiger partial charge is 0.352 e. The molecule has 64 valence electrons. The fourth-order valence-electron chi connectivity index (χ4n) is 0.741. The minimum atomic E-state index is -0.445. The molecule has 0 rings (SSSR count). The molecule has 0 aliphatic carbocycles. The van der Waals surface area contributed by atoms with Gasteiger partial charge in [0.05, 0.1) is 0 Å². The van der Waals surface area contributed by atoms with Crippen LogP contribution in [-0.2, 0) is 0 Å². The molecule has 11 heavy (non-hydrogen) atoms. The number of carbonyl (C=O) groups is 1. The van der Waals surface area contributed by atoms with Gasteiger partial charge in [-0.3, -0.25) is 0 Å². The zero-order valence-corrected chi connectivity index (χ0v) is 7.32. The first-order valence-corrected chi connectivity index (χ1v) is 4.21. The fraction of sp³-hybridized carbons (Fsp3) is 0.714. The van der Waals surface area contributed by atoms with Crippen molar-refractivity contribution in [1.29, 1.82) is 0 Å². The molecule has 0 spiro atoms. The summed E-state index contributed by atoms with van der Waals surface area (Å²) in [5.41, 5.74) is 4.86. The SMILES string of the molecule is NC(=O)NCCCCCC=S. The minimum absolute atomic E-state index is 0.445. The van der Waals surface area contributed by atoms with E-state index in [-0.39, 0.29) is 0 Å². The molecule has 0 bridgehead atoms. The zero-order valence-electron chi connectivity index (χ0n) is 6.51. The summed E-state index contributed by atoms with van der Waals surface area (Å²) in [4.78, 5) is 10.2. The lowest BCUT2D eigenvalue weighted by atomic mass is 10.2. The third-order valence-electron chi connectivity index (χ3n) is 1.30. The number of rotatable bonds is 6. The predicted molar refractivity (Wildman–Crippen MR) is 49.7 cm³/mol. The predicted octanol–water partition coefficient (Wildman–Crippen LogP) is 1.21. The normalized spacial score (nSPS) is 9.09. The van der Waals surface area contributed by atoms with E-state index in [0.717, 1.165) is 25.7 Å². The number of amides is 2. The van der Waals surface area contributed by atoms with E-state index in [1.807, 2.05) is 0 Å². The van der Waals surface area contributed by atoms with Gasteiger partial charge in [-0.05, 0) is 24.6 Å². The molecule has 0 heterocycles. The van der Waals surface area contributed by atoms with E-state index in [2.05, 4.69) is 17.5 Å². The van der Waals surface area contributed by atoms with Crippen molar-refractivity contribution in [3.63, 3.8) is 0 Å². The lowest BCUT2D eigenvalue weighted by Crippen LogP contribution is -2.29. The van der Waals surface area contributed by atoms with Crippen LogP contribution in [0.2, 0.25) is 0 Å². The van der Waals surface area contributed by atoms with Crippen molar-refractivity contribution in [3.05, 3.63) is 0 Å². The van der Waals surface area contributed by atoms with Gasteiger partial charge < -0.3 is 11.1 Å². The van der Waals surface area contributed by atoms with Gasteiger partial charge in [0, 0.05) is 6.54 Å². The number of thiocarbonyl (C=S) groups is 1. The van der Waals surface area contributed by atoms with Crippen LogP contribution >= 0.6 is 12.2 Å². The van der Waals surface area contributed by atoms with Crippen LogP contribution in [0, 0.1) is 0 Å². The lowest BCUT2D eigenvalue weighted by molar-refractivity contribution is 0.248. The highest BCUT2D eigenvalue weighted by Crippen LogP contribution is 1.96. The Balaban J connectivity index is 2.90. The highest BCUT2D eigenvalue weighted by Gasteiger charge is 1.90. The molecule has 0 aromatic heterocycles. The Bertz CT molecular complexity index is 128. The molecule has 0 aromatic carbocycles. The molecule has 3 N–H and O–H groups in total. The Hall–Kier alpha value is -0.640. The van der Waals surface area contributed by atoms with Gasteiger partial charge in [0.1, 0.15) is 0 Å². The molecule has 0 radical (unpaired) electrons. The van der Waals surface area contributed by atoms with Crippen LogP contribution in [0.3, 0.4) is 0 Å². The van der Waals surface area contributed by atoms with Crippen molar-refractivity contribution in [3.8, 4) is 0 Å². The maximum Gasteiger partial charge on any atom is 0.312 e. The summed E-state index contributed by atoms with van der Waals surface area (Å²) < 4.78 is 0. The van der Waals surface area contributed by atoms with Crippen molar-refractivity contribution >= 4 is 23.6 Å². The molecule has 0 saturated carbocycles. The van der Waals surface area contributed by atoms with E-state index in [9.17, 15) is 4.79 Å². The van der Waals surface area contributed by atoms with E-state index >= 15 is 0 Å². The fourth-order valence-corrected chi connectivity index (χ4v) is 0.908. The summed E-state index contributed by atoms with van der Waals surface area (Å²) in [5, 5.41) is 4.26. The Morgan fingerprint density at radius 2 is 2.18 bits per heavy atom. The first kappa shape index (κ1) is 10.4. The van der Waals surface area contributed by atoms with Gasteiger partial charge in [-0.15, -0.1) is 0 Å². The van der Waals surface area contributed by atoms with Crippen molar-refractivity contribution < 1.29 is 4.79 Å². The molecule has 0 atom stereocenters. The highest BCUT2D eigenvalue weighted by atomic mass is 32.1. The second-order valence-electron chi connectivity index (χ2n) is 2.31. The van der Waals surface area contributed by atoms with Crippen LogP contribution in [0.25, 0.3) is 0 Å². The second kappa shape index (κ2) is 7.47. The van der Waals surface area contributed by atoms with E-state index in [0.29, 0.717) is 6.54 Å². The van der Waals surface area contributed by atoms with E-state index < -0.39 is 6.03 Å². The summed E-state index contributed by atoms with van der Waals surface area (Å²) in [6, 6.07) is -0.445. The Morgan fingerprint density at radius 3 is 2.73 bits per heavy atom. The third kappa shape index (κ3) is 9.36. The monoisotopic (exact) mass is 174 g/mol. The minimum Gasteiger partial charge on any atom is -0.352 e. The van der Waals surface area contributed by atoms with Crippen LogP contribution in [0.5, 0.6) is 0 Å². The third-order valence-corrected chi connectivity index (χ3v) is 1.53. The number of nitrogens with two attached hydrogens (primary N) is 1. The molecule has 0 unspecified atom stereocenters. The number of unbranched alkanes of at least 4 members (excludes halogenated alkanes) is 3. The van der Waals surface area contributed by atoms with Gasteiger partial charge in [0.2, 0.25) is 0 Å². The summed E-state index contributed by atoms with van der Waals surface area (Å²) in [6.07, 6.45) is 4.15. The van der Waals surface area contributed by atoms with Crippen LogP contribution in [0.4, 0.5) is 4.79 Å². The molecule has 0 aromatic rings. The average molecular weight is 174 g/mol. The van der Waals surface area contributed by atoms with Crippen LogP contribution in [-0.4, -0.2) is 17.9 Å². The number of nitrogens with one attached hydrogen (secondary N) is 1. The van der Waals surface area contributed by atoms with E-state index in [1.54, 1.807) is 5.37 Å². The maximum absolute atomic E-state index is 10.2. The summed E-state index contributed by atoms with van der Waals surface area (Å²) in [7, 11) is 0. The number of urea groups is 1. The highest BCUT2D eigenvalue weighted by molar-refractivity contribution is 7.78. The van der Waals surface area contributed by atoms with Crippen molar-refractivity contribution in [2.24, 2.45) is 5.73 Å². The smallest absolute Gasteiger partial charge is 0.312 e. The summed E-state index contributed by atoms with van der Waals surface area (Å²) in [5.74, 6) is 0. The average Bonchev–Trinajstić information content (AvgIpc) is 1.96. The van der Waals surface area contributed by atoms with Crippen LogP contribution < -0.4 is 11.1 Å². The van der Waals surface area contributed by atoms with Gasteiger partial charge in [-0.25, -0.2) is 4.79 Å². The first-order chi connectivity index (χ1) is 5.27. The standard InChI is InChI=1S/C7H14N2OS/c8-7(10)9-5-3-1-2-4-6-11/h6H,1-5H2,(H3,8,9,10). The molecular weight excluding hydrogens is 160 g/mol. The first-order valence-electron chi connectivity index (χ1n) is 3.74. The maximum atomic E-state index is 10.2. The van der Waals surface area contributed by atoms with Crippen LogP contribution in [0.1, 0.15) is 25.7 Å². The van der Waals surface area contributed by atoms with Gasteiger partial charge in [0.25, 0.3) is 0 Å². The number of hydrogen-bond donors (Lipinski definition) is 2. The molecule has 2 amide bonds. The number of primary amides is 1. The lowest BCUT2D eigenvalue weighted by Gasteiger charge is -1.99. The topological polar surface area (TPSA) is 55.1 Å². The number of hydrogen-bond acceptors (Lipinski definition) is 2.